The topological polar surface area (TPSA) is 101 Å². The first kappa shape index (κ1) is 21.6. The molecule has 152 valence electrons. The maximum atomic E-state index is 12.6. The molecule has 0 saturated heterocycles. The number of imidazole rings is 1. The molecule has 29 heavy (non-hydrogen) atoms. The number of alkyl halides is 3. The number of amides is 1. The number of nitrogens with one attached hydrogen (secondary N) is 2. The van der Waals surface area contributed by atoms with Crippen LogP contribution in [0.3, 0.4) is 0 Å². The van der Waals surface area contributed by atoms with Crippen molar-refractivity contribution < 1.29 is 22.9 Å². The number of nitro benzene ring substituents is 1. The fourth-order valence-corrected chi connectivity index (χ4v) is 2.25. The molecule has 1 heterocycles. The Labute approximate surface area is 163 Å². The van der Waals surface area contributed by atoms with Gasteiger partial charge in [-0.1, -0.05) is 12.1 Å². The Morgan fingerprint density at radius 3 is 2.41 bits per heavy atom. The number of carbonyl (C=O) groups excluding carboxylic acids is 1. The monoisotopic (exact) mass is 406 g/mol. The molecule has 2 aromatic carbocycles. The summed E-state index contributed by atoms with van der Waals surface area (Å²) in [5.74, 6) is -0.729. The number of aryl methyl sites for hydroxylation is 2. The van der Waals surface area contributed by atoms with Crippen LogP contribution in [-0.2, 0) is 6.18 Å². The fraction of sp³-hybridized carbons (Fsp3) is 0.158. The Bertz CT molecular complexity index is 1000. The smallest absolute Gasteiger partial charge is 0.349 e. The van der Waals surface area contributed by atoms with Gasteiger partial charge in [-0.25, -0.2) is 4.98 Å². The van der Waals surface area contributed by atoms with Crippen molar-refractivity contribution >= 4 is 17.3 Å². The minimum absolute atomic E-state index is 0.0142. The molecule has 1 amide bonds. The molecule has 0 atom stereocenters. The summed E-state index contributed by atoms with van der Waals surface area (Å²) in [7, 11) is 0. The lowest BCUT2D eigenvalue weighted by Crippen LogP contribution is -2.13. The number of aromatic nitrogens is 2. The van der Waals surface area contributed by atoms with Crippen LogP contribution in [0.1, 0.15) is 27.2 Å². The van der Waals surface area contributed by atoms with Gasteiger partial charge in [-0.3, -0.25) is 14.9 Å². The van der Waals surface area contributed by atoms with Gasteiger partial charge < -0.3 is 10.3 Å². The Hall–Kier alpha value is -3.69. The zero-order chi connectivity index (χ0) is 21.6. The van der Waals surface area contributed by atoms with Crippen LogP contribution in [-0.4, -0.2) is 20.8 Å². The third-order valence-corrected chi connectivity index (χ3v) is 3.75. The molecule has 7 nitrogen and oxygen atoms in total. The Kier molecular flexibility index (Phi) is 6.71. The number of rotatable bonds is 3. The van der Waals surface area contributed by atoms with Crippen molar-refractivity contribution in [1.82, 2.24) is 9.97 Å². The summed E-state index contributed by atoms with van der Waals surface area (Å²) < 4.78 is 37.9. The highest BCUT2D eigenvalue weighted by Gasteiger charge is 2.30. The number of carbonyl (C=O) groups is 1. The minimum Gasteiger partial charge on any atom is -0.349 e. The number of aromatic amines is 1. The van der Waals surface area contributed by atoms with Crippen LogP contribution < -0.4 is 5.32 Å². The van der Waals surface area contributed by atoms with Gasteiger partial charge in [0.05, 0.1) is 16.8 Å². The molecule has 0 unspecified atom stereocenters. The van der Waals surface area contributed by atoms with Crippen molar-refractivity contribution in [1.29, 1.82) is 0 Å². The highest BCUT2D eigenvalue weighted by Crippen LogP contribution is 2.30. The van der Waals surface area contributed by atoms with E-state index in [0.717, 1.165) is 30.0 Å². The first-order chi connectivity index (χ1) is 13.6. The van der Waals surface area contributed by atoms with Crippen molar-refractivity contribution in [3.8, 4) is 0 Å². The minimum atomic E-state index is -4.52. The molecular weight excluding hydrogens is 389 g/mol. The number of hydrogen-bond donors (Lipinski definition) is 2. The van der Waals surface area contributed by atoms with Gasteiger partial charge in [-0.05, 0) is 38.1 Å². The molecule has 0 aliphatic rings. The lowest BCUT2D eigenvalue weighted by Gasteiger charge is -2.10. The highest BCUT2D eigenvalue weighted by atomic mass is 19.4. The molecule has 0 radical (unpaired) electrons. The average Bonchev–Trinajstić information content (AvgIpc) is 3.13. The van der Waals surface area contributed by atoms with Crippen LogP contribution in [0.25, 0.3) is 0 Å². The fourth-order valence-electron chi connectivity index (χ4n) is 2.25. The van der Waals surface area contributed by atoms with Crippen LogP contribution in [0, 0.1) is 24.0 Å². The van der Waals surface area contributed by atoms with Crippen LogP contribution in [0.5, 0.6) is 0 Å². The van der Waals surface area contributed by atoms with Gasteiger partial charge in [0.15, 0.2) is 0 Å². The SMILES string of the molecule is Cc1ccc(C(=O)Nc2cccc(C(F)(F)F)c2)cc1[N+](=O)[O-].Cc1cnc[nH]1. The van der Waals surface area contributed by atoms with Crippen molar-refractivity contribution in [2.45, 2.75) is 20.0 Å². The quantitative estimate of drug-likeness (QED) is 0.477. The van der Waals surface area contributed by atoms with Gasteiger partial charge in [-0.15, -0.1) is 0 Å². The van der Waals surface area contributed by atoms with Crippen LogP contribution in [0.2, 0.25) is 0 Å². The molecule has 3 rings (SSSR count). The second kappa shape index (κ2) is 9.00. The summed E-state index contributed by atoms with van der Waals surface area (Å²) in [6.45, 7) is 3.49. The van der Waals surface area contributed by atoms with E-state index >= 15 is 0 Å². The zero-order valence-electron chi connectivity index (χ0n) is 15.4. The summed E-state index contributed by atoms with van der Waals surface area (Å²) in [5.41, 5.74) is 0.292. The number of benzene rings is 2. The molecule has 0 aliphatic carbocycles. The molecule has 0 bridgehead atoms. The maximum absolute atomic E-state index is 12.6. The Balaban J connectivity index is 0.000000426. The van der Waals surface area contributed by atoms with E-state index in [9.17, 15) is 28.1 Å². The molecule has 3 aromatic rings. The van der Waals surface area contributed by atoms with Gasteiger partial charge in [0.1, 0.15) is 0 Å². The van der Waals surface area contributed by atoms with Crippen molar-refractivity contribution in [3.63, 3.8) is 0 Å². The van der Waals surface area contributed by atoms with Gasteiger partial charge >= 0.3 is 6.18 Å². The number of H-pyrrole nitrogens is 1. The summed E-state index contributed by atoms with van der Waals surface area (Å²) >= 11 is 0. The molecule has 0 fully saturated rings. The van der Waals surface area contributed by atoms with E-state index in [1.165, 1.54) is 25.1 Å². The number of nitro groups is 1. The molecule has 0 aliphatic heterocycles. The van der Waals surface area contributed by atoms with E-state index in [4.69, 9.17) is 0 Å². The highest BCUT2D eigenvalue weighted by molar-refractivity contribution is 6.04. The lowest BCUT2D eigenvalue weighted by molar-refractivity contribution is -0.385. The predicted molar refractivity (Wildman–Crippen MR) is 101 cm³/mol. The molecule has 0 saturated carbocycles. The van der Waals surface area contributed by atoms with Crippen LogP contribution >= 0.6 is 0 Å². The number of halogens is 3. The van der Waals surface area contributed by atoms with Crippen molar-refractivity contribution in [2.75, 3.05) is 5.32 Å². The lowest BCUT2D eigenvalue weighted by atomic mass is 10.1. The molecule has 0 spiro atoms. The summed E-state index contributed by atoms with van der Waals surface area (Å²) in [6, 6.07) is 7.99. The van der Waals surface area contributed by atoms with Gasteiger partial charge in [0.25, 0.3) is 11.6 Å². The maximum Gasteiger partial charge on any atom is 0.416 e. The van der Waals surface area contributed by atoms with E-state index in [1.807, 2.05) is 6.92 Å². The Morgan fingerprint density at radius 1 is 1.17 bits per heavy atom. The number of anilines is 1. The van der Waals surface area contributed by atoms with Gasteiger partial charge in [-0.2, -0.15) is 13.2 Å². The predicted octanol–water partition coefficient (Wildman–Crippen LogP) is 4.89. The van der Waals surface area contributed by atoms with Gasteiger partial charge in [0, 0.05) is 34.8 Å². The molecule has 1 aromatic heterocycles. The summed E-state index contributed by atoms with van der Waals surface area (Å²) in [4.78, 5) is 28.9. The zero-order valence-corrected chi connectivity index (χ0v) is 15.4. The molecular formula is C19H17F3N4O3. The van der Waals surface area contributed by atoms with Gasteiger partial charge in [0.2, 0.25) is 0 Å². The Morgan fingerprint density at radius 2 is 1.90 bits per heavy atom. The van der Waals surface area contributed by atoms with Crippen LogP contribution in [0.4, 0.5) is 24.5 Å². The van der Waals surface area contributed by atoms with E-state index in [-0.39, 0.29) is 16.9 Å². The first-order valence-electron chi connectivity index (χ1n) is 8.26. The van der Waals surface area contributed by atoms with Crippen LogP contribution in [0.15, 0.2) is 55.0 Å². The number of nitrogens with zero attached hydrogens (tertiary/aromatic N) is 2. The second-order valence-corrected chi connectivity index (χ2v) is 6.03. The first-order valence-corrected chi connectivity index (χ1v) is 8.26. The van der Waals surface area contributed by atoms with Crippen molar-refractivity contribution in [3.05, 3.63) is 87.5 Å². The van der Waals surface area contributed by atoms with E-state index in [0.29, 0.717) is 5.56 Å². The standard InChI is InChI=1S/C15H11F3N2O3.C4H6N2/c1-9-5-6-10(7-13(9)20(22)23)14(21)19-12-4-2-3-11(8-12)15(16,17)18;1-4-2-5-3-6-4/h2-8H,1H3,(H,19,21);2-3H,1H3,(H,5,6). The normalized spacial score (nSPS) is 10.7. The van der Waals surface area contributed by atoms with Crippen molar-refractivity contribution in [2.24, 2.45) is 0 Å². The third-order valence-electron chi connectivity index (χ3n) is 3.75. The summed E-state index contributed by atoms with van der Waals surface area (Å²) in [6.07, 6.45) is -1.08. The number of hydrogen-bond acceptors (Lipinski definition) is 4. The average molecular weight is 406 g/mol. The van der Waals surface area contributed by atoms with E-state index < -0.39 is 22.6 Å². The molecule has 2 N–H and O–H groups in total. The molecule has 10 heteroatoms. The second-order valence-electron chi connectivity index (χ2n) is 6.03. The summed E-state index contributed by atoms with van der Waals surface area (Å²) in [5, 5.41) is 13.2. The third kappa shape index (κ3) is 6.16. The van der Waals surface area contributed by atoms with E-state index in [1.54, 1.807) is 12.5 Å². The van der Waals surface area contributed by atoms with E-state index in [2.05, 4.69) is 15.3 Å². The largest absolute Gasteiger partial charge is 0.416 e.